The fraction of sp³-hybridized carbons (Fsp3) is 0.773. The molecule has 4 aliphatic rings. The lowest BCUT2D eigenvalue weighted by molar-refractivity contribution is -0.121. The van der Waals surface area contributed by atoms with Gasteiger partial charge in [-0.3, -0.25) is 4.79 Å². The lowest BCUT2D eigenvalue weighted by atomic mass is 9.45. The van der Waals surface area contributed by atoms with Gasteiger partial charge < -0.3 is 10.2 Å². The summed E-state index contributed by atoms with van der Waals surface area (Å²) >= 11 is 0. The van der Waals surface area contributed by atoms with Crippen molar-refractivity contribution in [3.8, 4) is 0 Å². The molecule has 0 aromatic carbocycles. The monoisotopic (exact) mass is 344 g/mol. The first kappa shape index (κ1) is 17.3. The Hall–Kier alpha value is -1.09. The van der Waals surface area contributed by atoms with Crippen molar-refractivity contribution in [2.45, 2.75) is 78.2 Å². The third-order valence-corrected chi connectivity index (χ3v) is 9.03. The molecule has 0 spiro atoms. The lowest BCUT2D eigenvalue weighted by Gasteiger charge is -2.59. The van der Waals surface area contributed by atoms with E-state index in [0.29, 0.717) is 29.7 Å². The van der Waals surface area contributed by atoms with Crippen LogP contribution in [-0.4, -0.2) is 21.6 Å². The second kappa shape index (κ2) is 5.22. The van der Waals surface area contributed by atoms with Crippen LogP contribution in [0.4, 0.5) is 0 Å². The fourth-order valence-electron chi connectivity index (χ4n) is 7.36. The number of rotatable bonds is 0. The number of Topliss-reactive ketones (excluding diaryl/α,β-unsaturated/α-hetero) is 1. The molecule has 25 heavy (non-hydrogen) atoms. The predicted molar refractivity (Wildman–Crippen MR) is 98.0 cm³/mol. The highest BCUT2D eigenvalue weighted by Crippen LogP contribution is 2.68. The molecule has 4 rings (SSSR count). The third kappa shape index (κ3) is 2.05. The van der Waals surface area contributed by atoms with Crippen molar-refractivity contribution in [2.24, 2.45) is 28.6 Å². The number of fused-ring (bicyclic) bond motifs is 5. The van der Waals surface area contributed by atoms with Gasteiger partial charge in [0.15, 0.2) is 5.78 Å². The molecule has 6 atom stereocenters. The van der Waals surface area contributed by atoms with Crippen LogP contribution < -0.4 is 0 Å². The summed E-state index contributed by atoms with van der Waals surface area (Å²) in [6.45, 7) is 8.63. The van der Waals surface area contributed by atoms with E-state index < -0.39 is 5.60 Å². The standard InChI is InChI=1S/C22H32O3/c1-13-16-6-5-15-17(20(16,2)11-14(12-23)19(13)24)7-9-21(3)18(15)8-10-22(21,4)25/h12,15,17-18,23,25H,5-11H2,1-4H3/t15-,17-,18-,20-,21-,22-/m0/s1. The van der Waals surface area contributed by atoms with Crippen molar-refractivity contribution in [3.05, 3.63) is 23.0 Å². The molecule has 0 aliphatic heterocycles. The van der Waals surface area contributed by atoms with E-state index in [1.54, 1.807) is 0 Å². The molecule has 0 saturated heterocycles. The Morgan fingerprint density at radius 2 is 1.76 bits per heavy atom. The summed E-state index contributed by atoms with van der Waals surface area (Å²) in [5.74, 6) is 1.81. The van der Waals surface area contributed by atoms with E-state index in [2.05, 4.69) is 13.8 Å². The van der Waals surface area contributed by atoms with Gasteiger partial charge in [-0.25, -0.2) is 0 Å². The van der Waals surface area contributed by atoms with Gasteiger partial charge in [0.1, 0.15) is 0 Å². The molecule has 0 unspecified atom stereocenters. The molecule has 0 aromatic rings. The summed E-state index contributed by atoms with van der Waals surface area (Å²) in [5.41, 5.74) is 2.27. The topological polar surface area (TPSA) is 57.5 Å². The van der Waals surface area contributed by atoms with Gasteiger partial charge in [-0.2, -0.15) is 0 Å². The van der Waals surface area contributed by atoms with Crippen LogP contribution in [0, 0.1) is 28.6 Å². The van der Waals surface area contributed by atoms with E-state index in [9.17, 15) is 15.0 Å². The van der Waals surface area contributed by atoms with E-state index in [1.165, 1.54) is 5.57 Å². The number of carbonyl (C=O) groups excluding carboxylic acids is 1. The van der Waals surface area contributed by atoms with Crippen LogP contribution in [0.1, 0.15) is 72.6 Å². The Kier molecular flexibility index (Phi) is 3.62. The summed E-state index contributed by atoms with van der Waals surface area (Å²) in [7, 11) is 0. The Morgan fingerprint density at radius 1 is 1.08 bits per heavy atom. The highest BCUT2D eigenvalue weighted by molar-refractivity contribution is 6.09. The smallest absolute Gasteiger partial charge is 0.187 e. The normalized spacial score (nSPS) is 51.3. The zero-order valence-corrected chi connectivity index (χ0v) is 16.1. The number of aliphatic hydroxyl groups is 2. The van der Waals surface area contributed by atoms with Gasteiger partial charge in [-0.05, 0) is 93.0 Å². The second-order valence-corrected chi connectivity index (χ2v) is 9.87. The summed E-state index contributed by atoms with van der Waals surface area (Å²) < 4.78 is 0. The number of hydrogen-bond donors (Lipinski definition) is 2. The third-order valence-electron chi connectivity index (χ3n) is 9.03. The van der Waals surface area contributed by atoms with Crippen LogP contribution in [0.5, 0.6) is 0 Å². The van der Waals surface area contributed by atoms with Crippen LogP contribution in [0.3, 0.4) is 0 Å². The molecule has 3 saturated carbocycles. The first-order valence-corrected chi connectivity index (χ1v) is 9.96. The zero-order valence-electron chi connectivity index (χ0n) is 16.1. The van der Waals surface area contributed by atoms with E-state index >= 15 is 0 Å². The summed E-state index contributed by atoms with van der Waals surface area (Å²) in [5, 5.41) is 20.6. The van der Waals surface area contributed by atoms with Crippen molar-refractivity contribution < 1.29 is 15.0 Å². The fourth-order valence-corrected chi connectivity index (χ4v) is 7.36. The molecule has 0 aromatic heterocycles. The quantitative estimate of drug-likeness (QED) is 0.494. The molecule has 2 N–H and O–H groups in total. The summed E-state index contributed by atoms with van der Waals surface area (Å²) in [4.78, 5) is 12.5. The van der Waals surface area contributed by atoms with E-state index in [1.807, 2.05) is 13.8 Å². The Balaban J connectivity index is 1.75. The number of allylic oxidation sites excluding steroid dienone is 2. The van der Waals surface area contributed by atoms with E-state index in [-0.39, 0.29) is 16.6 Å². The highest BCUT2D eigenvalue weighted by atomic mass is 16.3. The number of ketones is 1. The summed E-state index contributed by atoms with van der Waals surface area (Å²) in [6, 6.07) is 0. The molecular weight excluding hydrogens is 312 g/mol. The largest absolute Gasteiger partial charge is 0.515 e. The van der Waals surface area contributed by atoms with Gasteiger partial charge in [-0.15, -0.1) is 0 Å². The van der Waals surface area contributed by atoms with Crippen LogP contribution in [0.15, 0.2) is 23.0 Å². The van der Waals surface area contributed by atoms with Crippen LogP contribution >= 0.6 is 0 Å². The molecule has 0 bridgehead atoms. The van der Waals surface area contributed by atoms with E-state index in [4.69, 9.17) is 0 Å². The SMILES string of the molecule is CC1=C2CC[C@H]3[C@H](CC[C@@]4(C)[C@H]3CC[C@]4(C)O)[C@@]2(C)CC(=CO)C1=O. The van der Waals surface area contributed by atoms with Gasteiger partial charge in [0.05, 0.1) is 11.9 Å². The summed E-state index contributed by atoms with van der Waals surface area (Å²) in [6.07, 6.45) is 8.10. The van der Waals surface area contributed by atoms with Gasteiger partial charge in [0, 0.05) is 5.57 Å². The maximum atomic E-state index is 12.5. The number of hydrogen-bond acceptors (Lipinski definition) is 3. The average Bonchev–Trinajstić information content (AvgIpc) is 2.81. The first-order valence-electron chi connectivity index (χ1n) is 9.96. The van der Waals surface area contributed by atoms with Crippen molar-refractivity contribution in [1.29, 1.82) is 0 Å². The minimum atomic E-state index is -0.547. The van der Waals surface area contributed by atoms with Crippen molar-refractivity contribution in [3.63, 3.8) is 0 Å². The van der Waals surface area contributed by atoms with Gasteiger partial charge >= 0.3 is 0 Å². The van der Waals surface area contributed by atoms with Crippen LogP contribution in [-0.2, 0) is 4.79 Å². The number of carbonyl (C=O) groups is 1. The predicted octanol–water partition coefficient (Wildman–Crippen LogP) is 4.71. The molecule has 0 amide bonds. The minimum Gasteiger partial charge on any atom is -0.515 e. The van der Waals surface area contributed by atoms with Crippen molar-refractivity contribution in [1.82, 2.24) is 0 Å². The van der Waals surface area contributed by atoms with Gasteiger partial charge in [0.25, 0.3) is 0 Å². The average molecular weight is 344 g/mol. The van der Waals surface area contributed by atoms with Gasteiger partial charge in [-0.1, -0.05) is 19.4 Å². The molecular formula is C22H32O3. The van der Waals surface area contributed by atoms with E-state index in [0.717, 1.165) is 50.4 Å². The van der Waals surface area contributed by atoms with Gasteiger partial charge in [0.2, 0.25) is 0 Å². The zero-order chi connectivity index (χ0) is 18.2. The molecule has 3 nitrogen and oxygen atoms in total. The van der Waals surface area contributed by atoms with Crippen LogP contribution in [0.25, 0.3) is 0 Å². The Bertz CT molecular complexity index is 685. The van der Waals surface area contributed by atoms with Crippen molar-refractivity contribution >= 4 is 5.78 Å². The Labute approximate surface area is 151 Å². The maximum absolute atomic E-state index is 12.5. The maximum Gasteiger partial charge on any atom is 0.187 e. The van der Waals surface area contributed by atoms with Crippen LogP contribution in [0.2, 0.25) is 0 Å². The minimum absolute atomic E-state index is 0.00868. The Morgan fingerprint density at radius 3 is 2.44 bits per heavy atom. The van der Waals surface area contributed by atoms with Crippen molar-refractivity contribution in [2.75, 3.05) is 0 Å². The second-order valence-electron chi connectivity index (χ2n) is 9.87. The lowest BCUT2D eigenvalue weighted by Crippen LogP contribution is -2.54. The molecule has 3 heteroatoms. The molecule has 0 radical (unpaired) electrons. The molecule has 0 heterocycles. The number of aliphatic hydroxyl groups excluding tert-OH is 1. The molecule has 3 fully saturated rings. The first-order chi connectivity index (χ1) is 11.7. The highest BCUT2D eigenvalue weighted by Gasteiger charge is 2.62. The molecule has 4 aliphatic carbocycles. The molecule has 138 valence electrons.